The predicted octanol–water partition coefficient (Wildman–Crippen LogP) is 1.33. The summed E-state index contributed by atoms with van der Waals surface area (Å²) < 4.78 is 8.23. The van der Waals surface area contributed by atoms with Crippen LogP contribution in [0.15, 0.2) is 18.5 Å². The third-order valence-electron chi connectivity index (χ3n) is 5.76. The molecule has 126 valence electrons. The molecule has 1 spiro atoms. The zero-order valence-electron chi connectivity index (χ0n) is 14.0. The van der Waals surface area contributed by atoms with Gasteiger partial charge >= 0.3 is 0 Å². The van der Waals surface area contributed by atoms with E-state index < -0.39 is 0 Å². The number of hydrogen-bond acceptors (Lipinski definition) is 4. The molecule has 3 atom stereocenters. The first-order valence-corrected chi connectivity index (χ1v) is 8.79. The molecule has 23 heavy (non-hydrogen) atoms. The van der Waals surface area contributed by atoms with Crippen LogP contribution in [0.25, 0.3) is 0 Å². The average Bonchev–Trinajstić information content (AvgIpc) is 3.24. The number of amides is 1. The van der Waals surface area contributed by atoms with Crippen molar-refractivity contribution in [3.8, 4) is 0 Å². The van der Waals surface area contributed by atoms with Crippen molar-refractivity contribution in [1.82, 2.24) is 19.6 Å². The zero-order chi connectivity index (χ0) is 16.0. The molecule has 0 aromatic carbocycles. The van der Waals surface area contributed by atoms with Gasteiger partial charge in [-0.25, -0.2) is 0 Å². The molecule has 1 aromatic rings. The van der Waals surface area contributed by atoms with Crippen molar-refractivity contribution in [3.05, 3.63) is 18.5 Å². The molecule has 1 amide bonds. The number of aryl methyl sites for hydroxylation is 1. The van der Waals surface area contributed by atoms with E-state index in [1.165, 1.54) is 0 Å². The number of ether oxygens (including phenoxy) is 1. The molecule has 3 aliphatic heterocycles. The van der Waals surface area contributed by atoms with E-state index in [2.05, 4.69) is 28.7 Å². The van der Waals surface area contributed by atoms with Crippen LogP contribution in [-0.2, 0) is 16.1 Å². The van der Waals surface area contributed by atoms with Gasteiger partial charge in [0.05, 0.1) is 18.7 Å². The molecule has 6 nitrogen and oxygen atoms in total. The van der Waals surface area contributed by atoms with Crippen LogP contribution in [-0.4, -0.2) is 63.0 Å². The minimum atomic E-state index is -0.336. The number of likely N-dealkylation sites (tertiary alicyclic amines) is 1. The van der Waals surface area contributed by atoms with Gasteiger partial charge < -0.3 is 9.64 Å². The normalized spacial score (nSPS) is 33.7. The second kappa shape index (κ2) is 5.60. The Kier molecular flexibility index (Phi) is 3.69. The van der Waals surface area contributed by atoms with Gasteiger partial charge in [-0.2, -0.15) is 5.10 Å². The molecule has 3 saturated heterocycles. The van der Waals surface area contributed by atoms with Crippen LogP contribution in [0.4, 0.5) is 0 Å². The Morgan fingerprint density at radius 3 is 3.04 bits per heavy atom. The number of aromatic nitrogens is 2. The maximum atomic E-state index is 12.6. The molecule has 0 radical (unpaired) electrons. The fraction of sp³-hybridized carbons (Fsp3) is 0.765. The molecule has 4 rings (SSSR count). The lowest BCUT2D eigenvalue weighted by atomic mass is 10.0. The maximum absolute atomic E-state index is 12.6. The second-order valence-corrected chi connectivity index (χ2v) is 7.36. The molecule has 3 fully saturated rings. The van der Waals surface area contributed by atoms with Gasteiger partial charge in [-0.1, -0.05) is 13.8 Å². The van der Waals surface area contributed by atoms with Crippen LogP contribution in [0.3, 0.4) is 0 Å². The van der Waals surface area contributed by atoms with Crippen molar-refractivity contribution in [2.45, 2.75) is 57.5 Å². The Morgan fingerprint density at radius 1 is 1.43 bits per heavy atom. The Labute approximate surface area is 137 Å². The topological polar surface area (TPSA) is 50.6 Å². The molecule has 0 bridgehead atoms. The highest BCUT2D eigenvalue weighted by Gasteiger charge is 2.64. The number of rotatable bonds is 5. The molecule has 4 heterocycles. The van der Waals surface area contributed by atoms with Crippen LogP contribution in [0.5, 0.6) is 0 Å². The lowest BCUT2D eigenvalue weighted by molar-refractivity contribution is -0.139. The van der Waals surface area contributed by atoms with Crippen LogP contribution in [0.2, 0.25) is 0 Å². The standard InChI is InChI=1S/C17H26N4O2/c1-13(2)14-12-23-17-5-10-19(15(17)11-16(22)21(14)17)7-4-9-20-8-3-6-18-20/h3,6,8,13-15H,4-5,7,9-12H2,1-2H3/t14-,15+,17-/m0/s1. The summed E-state index contributed by atoms with van der Waals surface area (Å²) >= 11 is 0. The fourth-order valence-electron chi connectivity index (χ4n) is 4.59. The summed E-state index contributed by atoms with van der Waals surface area (Å²) in [5.41, 5.74) is -0.336. The van der Waals surface area contributed by atoms with Gasteiger partial charge in [0.25, 0.3) is 0 Å². The highest BCUT2D eigenvalue weighted by molar-refractivity contribution is 5.82. The van der Waals surface area contributed by atoms with Crippen LogP contribution >= 0.6 is 0 Å². The van der Waals surface area contributed by atoms with Gasteiger partial charge in [0.2, 0.25) is 5.91 Å². The van der Waals surface area contributed by atoms with Crippen molar-refractivity contribution in [2.24, 2.45) is 5.92 Å². The Bertz CT molecular complexity index is 573. The molecule has 0 aliphatic carbocycles. The quantitative estimate of drug-likeness (QED) is 0.822. The lowest BCUT2D eigenvalue weighted by Crippen LogP contribution is -2.50. The summed E-state index contributed by atoms with van der Waals surface area (Å²) in [7, 11) is 0. The van der Waals surface area contributed by atoms with Gasteiger partial charge in [0.1, 0.15) is 0 Å². The van der Waals surface area contributed by atoms with Crippen LogP contribution in [0.1, 0.15) is 33.1 Å². The largest absolute Gasteiger partial charge is 0.352 e. The van der Waals surface area contributed by atoms with Crippen molar-refractivity contribution >= 4 is 5.91 Å². The smallest absolute Gasteiger partial charge is 0.226 e. The molecule has 0 N–H and O–H groups in total. The van der Waals surface area contributed by atoms with Gasteiger partial charge in [-0.15, -0.1) is 0 Å². The van der Waals surface area contributed by atoms with E-state index in [0.717, 1.165) is 32.5 Å². The third-order valence-corrected chi connectivity index (χ3v) is 5.76. The summed E-state index contributed by atoms with van der Waals surface area (Å²) in [6, 6.07) is 2.43. The number of carbonyl (C=O) groups is 1. The molecular formula is C17H26N4O2. The first kappa shape index (κ1) is 15.1. The molecular weight excluding hydrogens is 292 g/mol. The lowest BCUT2D eigenvalue weighted by Gasteiger charge is -2.34. The van der Waals surface area contributed by atoms with E-state index in [1.807, 2.05) is 23.1 Å². The first-order valence-electron chi connectivity index (χ1n) is 8.79. The minimum absolute atomic E-state index is 0.233. The van der Waals surface area contributed by atoms with E-state index in [-0.39, 0.29) is 23.7 Å². The number of carbonyl (C=O) groups excluding carboxylic acids is 1. The summed E-state index contributed by atoms with van der Waals surface area (Å²) in [4.78, 5) is 17.1. The van der Waals surface area contributed by atoms with Gasteiger partial charge in [-0.3, -0.25) is 14.4 Å². The summed E-state index contributed by atoms with van der Waals surface area (Å²) in [6.45, 7) is 8.02. The molecule has 3 aliphatic rings. The molecule has 0 saturated carbocycles. The van der Waals surface area contributed by atoms with E-state index >= 15 is 0 Å². The van der Waals surface area contributed by atoms with E-state index in [1.54, 1.807) is 0 Å². The van der Waals surface area contributed by atoms with E-state index in [4.69, 9.17) is 4.74 Å². The Balaban J connectivity index is 1.43. The Morgan fingerprint density at radius 2 is 2.30 bits per heavy atom. The zero-order valence-corrected chi connectivity index (χ0v) is 14.0. The molecule has 0 unspecified atom stereocenters. The van der Waals surface area contributed by atoms with E-state index in [0.29, 0.717) is 18.9 Å². The van der Waals surface area contributed by atoms with Crippen LogP contribution < -0.4 is 0 Å². The monoisotopic (exact) mass is 318 g/mol. The summed E-state index contributed by atoms with van der Waals surface area (Å²) in [5.74, 6) is 0.730. The fourth-order valence-corrected chi connectivity index (χ4v) is 4.59. The van der Waals surface area contributed by atoms with Gasteiger partial charge in [-0.05, 0) is 18.4 Å². The molecule has 6 heteroatoms. The summed E-state index contributed by atoms with van der Waals surface area (Å²) in [6.07, 6.45) is 6.44. The van der Waals surface area contributed by atoms with E-state index in [9.17, 15) is 4.79 Å². The number of hydrogen-bond donors (Lipinski definition) is 0. The Hall–Kier alpha value is -1.40. The van der Waals surface area contributed by atoms with Crippen molar-refractivity contribution in [2.75, 3.05) is 19.7 Å². The van der Waals surface area contributed by atoms with Crippen LogP contribution in [0, 0.1) is 5.92 Å². The molecule has 1 aromatic heterocycles. The van der Waals surface area contributed by atoms with Gasteiger partial charge in [0.15, 0.2) is 5.72 Å². The maximum Gasteiger partial charge on any atom is 0.226 e. The minimum Gasteiger partial charge on any atom is -0.352 e. The first-order chi connectivity index (χ1) is 11.1. The highest BCUT2D eigenvalue weighted by Crippen LogP contribution is 2.48. The third kappa shape index (κ3) is 2.31. The summed E-state index contributed by atoms with van der Waals surface area (Å²) in [5, 5.41) is 4.25. The number of nitrogens with zero attached hydrogens (tertiary/aromatic N) is 4. The van der Waals surface area contributed by atoms with Crippen molar-refractivity contribution < 1.29 is 9.53 Å². The second-order valence-electron chi connectivity index (χ2n) is 7.36. The highest BCUT2D eigenvalue weighted by atomic mass is 16.5. The van der Waals surface area contributed by atoms with Crippen molar-refractivity contribution in [1.29, 1.82) is 0 Å². The predicted molar refractivity (Wildman–Crippen MR) is 85.6 cm³/mol. The van der Waals surface area contributed by atoms with Gasteiger partial charge in [0, 0.05) is 44.9 Å². The SMILES string of the molecule is CC(C)[C@@H]1CO[C@@]23CCN(CCCn4cccn4)[C@@H]2CC(=O)N13. The average molecular weight is 318 g/mol. The van der Waals surface area contributed by atoms with Crippen molar-refractivity contribution in [3.63, 3.8) is 0 Å².